The minimum Gasteiger partial charge on any atom is -1.00 e. The summed E-state index contributed by atoms with van der Waals surface area (Å²) >= 11 is 0. The molecule has 0 aromatic carbocycles. The van der Waals surface area contributed by atoms with E-state index in [2.05, 4.69) is 0 Å². The van der Waals surface area contributed by atoms with Crippen molar-refractivity contribution in [3.8, 4) is 0 Å². The topological polar surface area (TPSA) is 0 Å². The van der Waals surface area contributed by atoms with E-state index in [4.69, 9.17) is 0 Å². The van der Waals surface area contributed by atoms with Gasteiger partial charge in [-0.2, -0.15) is 0 Å². The van der Waals surface area contributed by atoms with Crippen molar-refractivity contribution in [3.63, 3.8) is 0 Å². The smallest absolute Gasteiger partial charge is 1.00 e. The van der Waals surface area contributed by atoms with Gasteiger partial charge in [0.15, 0.2) is 17.4 Å². The summed E-state index contributed by atoms with van der Waals surface area (Å²) in [5, 5.41) is 0. The molecule has 0 N–H and O–H groups in total. The molecule has 0 aliphatic heterocycles. The van der Waals surface area contributed by atoms with E-state index in [-0.39, 0.29) is 88.6 Å². The molecule has 0 aliphatic carbocycles. The molecule has 0 unspecified atom stereocenters. The summed E-state index contributed by atoms with van der Waals surface area (Å²) in [6, 6.07) is 0. The molecule has 1 radical (unpaired) electrons. The van der Waals surface area contributed by atoms with Crippen molar-refractivity contribution in [2.75, 3.05) is 0 Å². The monoisotopic (exact) mass is 165 g/mol. The molecule has 0 saturated heterocycles. The summed E-state index contributed by atoms with van der Waals surface area (Å²) in [5.74, 6) is 0. The standard InChI is InChI=1S/Al.Mg.Sc.Zn.5H/q;+2;;;;;;2*-1. The van der Waals surface area contributed by atoms with Gasteiger partial charge >= 0.3 is 23.1 Å². The van der Waals surface area contributed by atoms with E-state index in [1.54, 1.807) is 0 Å². The second kappa shape index (κ2) is 17.1. The second-order valence-electron chi connectivity index (χ2n) is 0. The summed E-state index contributed by atoms with van der Waals surface area (Å²) in [6.45, 7) is 0. The molecule has 0 amide bonds. The zero-order valence-electron chi connectivity index (χ0n) is 3.99. The first-order valence-corrected chi connectivity index (χ1v) is 0. The van der Waals surface area contributed by atoms with E-state index in [1.165, 1.54) is 0 Å². The van der Waals surface area contributed by atoms with Gasteiger partial charge in [0.05, 0.1) is 0 Å². The van der Waals surface area contributed by atoms with Crippen LogP contribution in [0.15, 0.2) is 0 Å². The van der Waals surface area contributed by atoms with Gasteiger partial charge in [-0.15, -0.1) is 0 Å². The molecular weight excluding hydrogens is 162 g/mol. The molecule has 0 heterocycles. The van der Waals surface area contributed by atoms with Crippen LogP contribution in [0.5, 0.6) is 0 Å². The Balaban J connectivity index is 0. The van der Waals surface area contributed by atoms with Crippen molar-refractivity contribution in [2.45, 2.75) is 0 Å². The van der Waals surface area contributed by atoms with E-state index in [0.717, 1.165) is 0 Å². The number of rotatable bonds is 0. The maximum absolute atomic E-state index is 0. The van der Waals surface area contributed by atoms with Crippen LogP contribution in [0.2, 0.25) is 0 Å². The molecule has 0 bridgehead atoms. The molecule has 0 fully saturated rings. The predicted molar refractivity (Wildman–Crippen MR) is 17.9 cm³/mol. The summed E-state index contributed by atoms with van der Waals surface area (Å²) < 4.78 is 0. The van der Waals surface area contributed by atoms with Gasteiger partial charge in [-0.25, -0.2) is 0 Å². The van der Waals surface area contributed by atoms with Crippen LogP contribution < -0.4 is 0 Å². The quantitative estimate of drug-likeness (QED) is 0.391. The summed E-state index contributed by atoms with van der Waals surface area (Å²) in [4.78, 5) is 0. The Labute approximate surface area is 87.3 Å². The summed E-state index contributed by atoms with van der Waals surface area (Å²) in [5.41, 5.74) is 0. The molecule has 0 aromatic heterocycles. The molecule has 0 saturated carbocycles. The average Bonchev–Trinajstić information content (AvgIpc) is 0. The van der Waals surface area contributed by atoms with Crippen LogP contribution in [0.1, 0.15) is 2.85 Å². The van der Waals surface area contributed by atoms with Crippen LogP contribution in [-0.2, 0) is 45.3 Å². The molecule has 4 heteroatoms. The van der Waals surface area contributed by atoms with Crippen molar-refractivity contribution in [1.29, 1.82) is 0 Å². The van der Waals surface area contributed by atoms with Crippen molar-refractivity contribution in [3.05, 3.63) is 0 Å². The van der Waals surface area contributed by atoms with Crippen molar-refractivity contribution in [2.24, 2.45) is 0 Å². The van der Waals surface area contributed by atoms with Crippen molar-refractivity contribution >= 4 is 40.4 Å². The van der Waals surface area contributed by atoms with E-state index in [9.17, 15) is 0 Å². The molecular formula is H5AlMgScZn. The average molecular weight is 167 g/mol. The van der Waals surface area contributed by atoms with Gasteiger partial charge in [-0.3, -0.25) is 0 Å². The third-order valence-electron chi connectivity index (χ3n) is 0. The van der Waals surface area contributed by atoms with Gasteiger partial charge in [0.25, 0.3) is 0 Å². The van der Waals surface area contributed by atoms with E-state index >= 15 is 0 Å². The Kier molecular flexibility index (Phi) is 125. The fraction of sp³-hybridized carbons (Fsp3) is 0. The fourth-order valence-corrected chi connectivity index (χ4v) is 0. The first-order valence-electron chi connectivity index (χ1n) is 0. The third kappa shape index (κ3) is 8.84. The maximum Gasteiger partial charge on any atom is 2.00 e. The number of hydrogen-bond acceptors (Lipinski definition) is 0. The summed E-state index contributed by atoms with van der Waals surface area (Å²) in [6.07, 6.45) is 0. The van der Waals surface area contributed by atoms with E-state index in [1.807, 2.05) is 0 Å². The van der Waals surface area contributed by atoms with Gasteiger partial charge in [0, 0.05) is 45.3 Å². The first-order chi connectivity index (χ1) is 0. The zero-order valence-corrected chi connectivity index (χ0v) is 8.18. The van der Waals surface area contributed by atoms with Gasteiger partial charge in [0.2, 0.25) is 0 Å². The maximum atomic E-state index is 0. The van der Waals surface area contributed by atoms with E-state index in [0.29, 0.717) is 0 Å². The van der Waals surface area contributed by atoms with Crippen LogP contribution in [0.3, 0.4) is 0 Å². The molecule has 0 atom stereocenters. The van der Waals surface area contributed by atoms with Crippen LogP contribution in [0.25, 0.3) is 0 Å². The summed E-state index contributed by atoms with van der Waals surface area (Å²) in [7, 11) is 0. The Morgan fingerprint density at radius 3 is 1.25 bits per heavy atom. The Morgan fingerprint density at radius 2 is 1.25 bits per heavy atom. The Hall–Kier alpha value is 2.79. The number of hydrogen-bond donors (Lipinski definition) is 0. The van der Waals surface area contributed by atoms with Crippen molar-refractivity contribution < 1.29 is 48.2 Å². The molecule has 0 aromatic rings. The molecule has 15 valence electrons. The minimum atomic E-state index is 0. The SMILES string of the molecule is [AlH3].[H-].[H-].[Mg+2].[Sc].[Zn]. The zero-order chi connectivity index (χ0) is 0. The van der Waals surface area contributed by atoms with Crippen LogP contribution in [0.4, 0.5) is 0 Å². The van der Waals surface area contributed by atoms with Crippen LogP contribution in [-0.4, -0.2) is 40.4 Å². The molecule has 0 nitrogen and oxygen atoms in total. The molecule has 0 rings (SSSR count). The molecule has 0 aliphatic rings. The molecule has 4 heavy (non-hydrogen) atoms. The Morgan fingerprint density at radius 1 is 1.25 bits per heavy atom. The van der Waals surface area contributed by atoms with Crippen molar-refractivity contribution in [1.82, 2.24) is 0 Å². The van der Waals surface area contributed by atoms with Gasteiger partial charge in [-0.1, -0.05) is 0 Å². The largest absolute Gasteiger partial charge is 2.00 e. The third-order valence-corrected chi connectivity index (χ3v) is 0. The predicted octanol–water partition coefficient (Wildman–Crippen LogP) is -1.34. The Bertz CT molecular complexity index is 13.5. The molecule has 0 spiro atoms. The van der Waals surface area contributed by atoms with Crippen LogP contribution in [0, 0.1) is 0 Å². The fourth-order valence-electron chi connectivity index (χ4n) is 0. The van der Waals surface area contributed by atoms with Gasteiger partial charge < -0.3 is 2.85 Å². The van der Waals surface area contributed by atoms with E-state index < -0.39 is 0 Å². The first kappa shape index (κ1) is 29.2. The normalized spacial score (nSPS) is 0. The minimum absolute atomic E-state index is 0. The van der Waals surface area contributed by atoms with Crippen LogP contribution >= 0.6 is 0 Å². The second-order valence-corrected chi connectivity index (χ2v) is 0. The van der Waals surface area contributed by atoms with Gasteiger partial charge in [0.1, 0.15) is 0 Å². The van der Waals surface area contributed by atoms with Gasteiger partial charge in [-0.05, 0) is 0 Å².